The molecule has 28 heavy (non-hydrogen) atoms. The highest BCUT2D eigenvalue weighted by atomic mass is 32.2. The number of rotatable bonds is 6. The molecule has 0 fully saturated rings. The van der Waals surface area contributed by atoms with Gasteiger partial charge in [-0.05, 0) is 48.5 Å². The van der Waals surface area contributed by atoms with E-state index in [4.69, 9.17) is 0 Å². The Hall–Kier alpha value is -3.39. The molecule has 2 N–H and O–H groups in total. The number of hydrogen-bond acceptors (Lipinski definition) is 5. The van der Waals surface area contributed by atoms with Crippen molar-refractivity contribution in [2.45, 2.75) is 6.54 Å². The smallest absolute Gasteiger partial charge is 0.258 e. The summed E-state index contributed by atoms with van der Waals surface area (Å²) < 4.78 is 25.0. The van der Waals surface area contributed by atoms with E-state index < -0.39 is 10.0 Å². The predicted molar refractivity (Wildman–Crippen MR) is 108 cm³/mol. The molecular formula is C20H19N3O4S. The summed E-state index contributed by atoms with van der Waals surface area (Å²) >= 11 is 0. The van der Waals surface area contributed by atoms with Gasteiger partial charge in [0, 0.05) is 17.4 Å². The van der Waals surface area contributed by atoms with Crippen LogP contribution in [0, 0.1) is 0 Å². The van der Waals surface area contributed by atoms with Gasteiger partial charge in [-0.15, -0.1) is 0 Å². The molecule has 1 heterocycles. The standard InChI is InChI=1S/C20H19N3O4S/c1-28(26,27)22-16-11-9-15(10-12-16)20(25)23(14-17-6-4-5-13-21-17)18-7-2-3-8-19(18)24/h2-13,22,24H,14H2,1H3. The topological polar surface area (TPSA) is 99.6 Å². The van der Waals surface area contributed by atoms with E-state index >= 15 is 0 Å². The van der Waals surface area contributed by atoms with Gasteiger partial charge in [-0.1, -0.05) is 18.2 Å². The Labute approximate surface area is 163 Å². The van der Waals surface area contributed by atoms with Crippen LogP contribution >= 0.6 is 0 Å². The molecule has 0 radical (unpaired) electrons. The SMILES string of the molecule is CS(=O)(=O)Nc1ccc(C(=O)N(Cc2ccccn2)c2ccccc2O)cc1. The van der Waals surface area contributed by atoms with Gasteiger partial charge in [-0.3, -0.25) is 19.4 Å². The normalized spacial score (nSPS) is 11.0. The Morgan fingerprint density at radius 3 is 2.32 bits per heavy atom. The van der Waals surface area contributed by atoms with Crippen molar-refractivity contribution in [2.75, 3.05) is 15.9 Å². The van der Waals surface area contributed by atoms with E-state index in [0.29, 0.717) is 22.6 Å². The van der Waals surface area contributed by atoms with Crippen molar-refractivity contribution in [3.05, 3.63) is 84.2 Å². The van der Waals surface area contributed by atoms with E-state index in [1.807, 2.05) is 6.07 Å². The zero-order valence-electron chi connectivity index (χ0n) is 15.1. The lowest BCUT2D eigenvalue weighted by molar-refractivity contribution is 0.0984. The van der Waals surface area contributed by atoms with Gasteiger partial charge < -0.3 is 5.11 Å². The van der Waals surface area contributed by atoms with Crippen LogP contribution in [0.15, 0.2) is 72.9 Å². The second-order valence-corrected chi connectivity index (χ2v) is 7.90. The number of carbonyl (C=O) groups is 1. The first kappa shape index (κ1) is 19.4. The Balaban J connectivity index is 1.93. The third-order valence-electron chi connectivity index (χ3n) is 3.90. The number of amides is 1. The summed E-state index contributed by atoms with van der Waals surface area (Å²) in [7, 11) is -3.40. The summed E-state index contributed by atoms with van der Waals surface area (Å²) in [6.45, 7) is 0.167. The molecule has 2 aromatic carbocycles. The molecule has 144 valence electrons. The molecule has 0 saturated carbocycles. The Morgan fingerprint density at radius 1 is 1.04 bits per heavy atom. The van der Waals surface area contributed by atoms with Gasteiger partial charge in [0.05, 0.1) is 24.2 Å². The average molecular weight is 397 g/mol. The molecular weight excluding hydrogens is 378 g/mol. The Morgan fingerprint density at radius 2 is 1.71 bits per heavy atom. The van der Waals surface area contributed by atoms with Crippen molar-refractivity contribution in [3.63, 3.8) is 0 Å². The number of carbonyl (C=O) groups excluding carboxylic acids is 1. The highest BCUT2D eigenvalue weighted by Gasteiger charge is 2.21. The van der Waals surface area contributed by atoms with Gasteiger partial charge in [-0.25, -0.2) is 8.42 Å². The molecule has 0 atom stereocenters. The first-order chi connectivity index (χ1) is 13.3. The van der Waals surface area contributed by atoms with Gasteiger partial charge in [0.15, 0.2) is 0 Å². The second-order valence-electron chi connectivity index (χ2n) is 6.15. The number of pyridine rings is 1. The van der Waals surface area contributed by atoms with Crippen molar-refractivity contribution in [3.8, 4) is 5.75 Å². The number of aromatic nitrogens is 1. The number of para-hydroxylation sites is 2. The minimum Gasteiger partial charge on any atom is -0.506 e. The third kappa shape index (κ3) is 4.86. The first-order valence-electron chi connectivity index (χ1n) is 8.41. The highest BCUT2D eigenvalue weighted by Crippen LogP contribution is 2.29. The summed E-state index contributed by atoms with van der Waals surface area (Å²) in [5, 5.41) is 10.2. The molecule has 0 aliphatic heterocycles. The summed E-state index contributed by atoms with van der Waals surface area (Å²) in [5.41, 5.74) is 1.72. The van der Waals surface area contributed by atoms with Crippen molar-refractivity contribution in [1.82, 2.24) is 4.98 Å². The van der Waals surface area contributed by atoms with Gasteiger partial charge in [0.1, 0.15) is 5.75 Å². The molecule has 3 aromatic rings. The van der Waals surface area contributed by atoms with Gasteiger partial charge >= 0.3 is 0 Å². The summed E-state index contributed by atoms with van der Waals surface area (Å²) in [4.78, 5) is 18.8. The molecule has 0 aliphatic rings. The number of phenolic OH excluding ortho intramolecular Hbond substituents is 1. The van der Waals surface area contributed by atoms with E-state index in [1.54, 1.807) is 36.5 Å². The molecule has 1 aromatic heterocycles. The molecule has 8 heteroatoms. The van der Waals surface area contributed by atoms with Crippen LogP contribution < -0.4 is 9.62 Å². The molecule has 7 nitrogen and oxygen atoms in total. The lowest BCUT2D eigenvalue weighted by atomic mass is 10.1. The van der Waals surface area contributed by atoms with Crippen LogP contribution in [0.4, 0.5) is 11.4 Å². The molecule has 3 rings (SSSR count). The fourth-order valence-corrected chi connectivity index (χ4v) is 3.23. The highest BCUT2D eigenvalue weighted by molar-refractivity contribution is 7.92. The van der Waals surface area contributed by atoms with Gasteiger partial charge in [0.2, 0.25) is 10.0 Å². The van der Waals surface area contributed by atoms with Gasteiger partial charge in [0.25, 0.3) is 5.91 Å². The van der Waals surface area contributed by atoms with Crippen LogP contribution in [0.5, 0.6) is 5.75 Å². The van der Waals surface area contributed by atoms with Crippen LogP contribution in [-0.2, 0) is 16.6 Å². The number of hydrogen-bond donors (Lipinski definition) is 2. The summed E-state index contributed by atoms with van der Waals surface area (Å²) in [6.07, 6.45) is 2.69. The third-order valence-corrected chi connectivity index (χ3v) is 4.51. The zero-order valence-corrected chi connectivity index (χ0v) is 15.9. The van der Waals surface area contributed by atoms with E-state index in [1.165, 1.54) is 35.2 Å². The second kappa shape index (κ2) is 8.10. The quantitative estimate of drug-likeness (QED) is 0.666. The van der Waals surface area contributed by atoms with Crippen LogP contribution in [0.1, 0.15) is 16.1 Å². The molecule has 0 aliphatic carbocycles. The number of benzene rings is 2. The van der Waals surface area contributed by atoms with E-state index in [2.05, 4.69) is 9.71 Å². The summed E-state index contributed by atoms with van der Waals surface area (Å²) in [6, 6.07) is 18.0. The summed E-state index contributed by atoms with van der Waals surface area (Å²) in [5.74, 6) is -0.375. The Kier molecular flexibility index (Phi) is 5.60. The lowest BCUT2D eigenvalue weighted by Crippen LogP contribution is -2.30. The van der Waals surface area contributed by atoms with Crippen molar-refractivity contribution < 1.29 is 18.3 Å². The minimum absolute atomic E-state index is 0.0258. The monoisotopic (exact) mass is 397 g/mol. The lowest BCUT2D eigenvalue weighted by Gasteiger charge is -2.23. The fraction of sp³-hybridized carbons (Fsp3) is 0.100. The number of phenols is 1. The minimum atomic E-state index is -3.40. The molecule has 0 bridgehead atoms. The maximum atomic E-state index is 13.1. The predicted octanol–water partition coefficient (Wildman–Crippen LogP) is 3.01. The maximum absolute atomic E-state index is 13.1. The number of nitrogens with one attached hydrogen (secondary N) is 1. The first-order valence-corrected chi connectivity index (χ1v) is 10.3. The Bertz CT molecular complexity index is 1070. The van der Waals surface area contributed by atoms with E-state index in [-0.39, 0.29) is 18.2 Å². The molecule has 1 amide bonds. The van der Waals surface area contributed by atoms with E-state index in [0.717, 1.165) is 6.26 Å². The van der Waals surface area contributed by atoms with Crippen LogP contribution in [0.3, 0.4) is 0 Å². The largest absolute Gasteiger partial charge is 0.506 e. The fourth-order valence-electron chi connectivity index (χ4n) is 2.66. The molecule has 0 spiro atoms. The zero-order chi connectivity index (χ0) is 20.1. The average Bonchev–Trinajstić information content (AvgIpc) is 2.66. The maximum Gasteiger partial charge on any atom is 0.258 e. The molecule has 0 saturated heterocycles. The van der Waals surface area contributed by atoms with Crippen molar-refractivity contribution in [2.24, 2.45) is 0 Å². The van der Waals surface area contributed by atoms with Crippen molar-refractivity contribution in [1.29, 1.82) is 0 Å². The van der Waals surface area contributed by atoms with Crippen molar-refractivity contribution >= 4 is 27.3 Å². The number of sulfonamides is 1. The number of aromatic hydroxyl groups is 1. The van der Waals surface area contributed by atoms with Crippen LogP contribution in [0.25, 0.3) is 0 Å². The van der Waals surface area contributed by atoms with Crippen LogP contribution in [-0.4, -0.2) is 30.7 Å². The number of anilines is 2. The number of nitrogens with zero attached hydrogens (tertiary/aromatic N) is 2. The molecule has 0 unspecified atom stereocenters. The van der Waals surface area contributed by atoms with Crippen LogP contribution in [0.2, 0.25) is 0 Å². The van der Waals surface area contributed by atoms with Gasteiger partial charge in [-0.2, -0.15) is 0 Å². The van der Waals surface area contributed by atoms with E-state index in [9.17, 15) is 18.3 Å².